The molecule has 0 aromatic heterocycles. The molecule has 1 aliphatic rings. The van der Waals surface area contributed by atoms with Gasteiger partial charge in [-0.15, -0.1) is 4.41 Å². The number of nitrogens with zero attached hydrogens (tertiary/aromatic N) is 2. The quantitative estimate of drug-likeness (QED) is 0.664. The van der Waals surface area contributed by atoms with Crippen LogP contribution < -0.4 is 10.6 Å². The highest BCUT2D eigenvalue weighted by Gasteiger charge is 2.35. The summed E-state index contributed by atoms with van der Waals surface area (Å²) in [7, 11) is 3.40. The Balaban J connectivity index is 2.53. The highest BCUT2D eigenvalue weighted by Crippen LogP contribution is 2.34. The van der Waals surface area contributed by atoms with E-state index in [2.05, 4.69) is 31.4 Å². The minimum atomic E-state index is -0.0983. The highest BCUT2D eigenvalue weighted by molar-refractivity contribution is 7.97. The molecule has 88 valence electrons. The molecule has 0 spiro atoms. The molecule has 0 radical (unpaired) electrons. The molecule has 2 amide bonds. The molecule has 0 aromatic carbocycles. The van der Waals surface area contributed by atoms with Crippen molar-refractivity contribution in [1.29, 1.82) is 0 Å². The van der Waals surface area contributed by atoms with Crippen molar-refractivity contribution in [3.05, 3.63) is 0 Å². The van der Waals surface area contributed by atoms with Crippen molar-refractivity contribution >= 4 is 18.0 Å². The van der Waals surface area contributed by atoms with Gasteiger partial charge in [-0.1, -0.05) is 20.8 Å². The number of urea groups is 1. The van der Waals surface area contributed by atoms with Crippen molar-refractivity contribution in [2.24, 2.45) is 5.41 Å². The SMILES string of the molecule is CNC(=O)N(C)N1CNC(C(C)(C)C)S1. The van der Waals surface area contributed by atoms with Crippen molar-refractivity contribution in [2.45, 2.75) is 26.1 Å². The average molecular weight is 232 g/mol. The van der Waals surface area contributed by atoms with E-state index in [9.17, 15) is 4.79 Å². The summed E-state index contributed by atoms with van der Waals surface area (Å²) in [6.07, 6.45) is 0. The van der Waals surface area contributed by atoms with Crippen LogP contribution in [-0.2, 0) is 0 Å². The van der Waals surface area contributed by atoms with E-state index in [0.29, 0.717) is 12.0 Å². The second-order valence-corrected chi connectivity index (χ2v) is 5.75. The summed E-state index contributed by atoms with van der Waals surface area (Å²) >= 11 is 1.66. The highest BCUT2D eigenvalue weighted by atomic mass is 32.2. The van der Waals surface area contributed by atoms with Crippen LogP contribution in [0.3, 0.4) is 0 Å². The predicted octanol–water partition coefficient (Wildman–Crippen LogP) is 1.06. The molecule has 1 saturated heterocycles. The molecule has 1 aliphatic heterocycles. The Labute approximate surface area is 95.7 Å². The lowest BCUT2D eigenvalue weighted by Crippen LogP contribution is -2.44. The largest absolute Gasteiger partial charge is 0.340 e. The fourth-order valence-electron chi connectivity index (χ4n) is 1.26. The molecule has 2 N–H and O–H groups in total. The van der Waals surface area contributed by atoms with Gasteiger partial charge >= 0.3 is 6.03 Å². The third-order valence-electron chi connectivity index (χ3n) is 2.27. The van der Waals surface area contributed by atoms with Crippen molar-refractivity contribution in [1.82, 2.24) is 20.1 Å². The summed E-state index contributed by atoms with van der Waals surface area (Å²) in [5, 5.41) is 7.90. The van der Waals surface area contributed by atoms with E-state index in [-0.39, 0.29) is 11.4 Å². The first-order valence-electron chi connectivity index (χ1n) is 4.99. The minimum absolute atomic E-state index is 0.0983. The van der Waals surface area contributed by atoms with Crippen LogP contribution in [-0.4, -0.2) is 41.6 Å². The smallest absolute Gasteiger partial charge is 0.332 e. The van der Waals surface area contributed by atoms with Crippen LogP contribution >= 0.6 is 11.9 Å². The summed E-state index contributed by atoms with van der Waals surface area (Å²) in [5.74, 6) is 0. The molecule has 1 fully saturated rings. The summed E-state index contributed by atoms with van der Waals surface area (Å²) in [6.45, 7) is 7.24. The van der Waals surface area contributed by atoms with Gasteiger partial charge in [0.1, 0.15) is 0 Å². The van der Waals surface area contributed by atoms with Gasteiger partial charge in [0.2, 0.25) is 0 Å². The summed E-state index contributed by atoms with van der Waals surface area (Å²) in [6, 6.07) is -0.0983. The van der Waals surface area contributed by atoms with Gasteiger partial charge in [0.05, 0.1) is 12.0 Å². The normalized spacial score (nSPS) is 22.9. The molecule has 1 atom stereocenters. The molecular weight excluding hydrogens is 212 g/mol. The van der Waals surface area contributed by atoms with Crippen LogP contribution in [0.15, 0.2) is 0 Å². The predicted molar refractivity (Wildman–Crippen MR) is 62.9 cm³/mol. The molecule has 0 aliphatic carbocycles. The number of hydrogen-bond donors (Lipinski definition) is 2. The first-order valence-corrected chi connectivity index (χ1v) is 5.83. The summed E-state index contributed by atoms with van der Waals surface area (Å²) in [4.78, 5) is 11.4. The molecule has 5 nitrogen and oxygen atoms in total. The van der Waals surface area contributed by atoms with Crippen LogP contribution in [0.4, 0.5) is 4.79 Å². The van der Waals surface area contributed by atoms with E-state index in [0.717, 1.165) is 0 Å². The van der Waals surface area contributed by atoms with E-state index in [1.165, 1.54) is 0 Å². The van der Waals surface area contributed by atoms with Crippen molar-refractivity contribution in [3.63, 3.8) is 0 Å². The fourth-order valence-corrected chi connectivity index (χ4v) is 2.33. The van der Waals surface area contributed by atoms with Gasteiger partial charge in [-0.25, -0.2) is 9.80 Å². The second-order valence-electron chi connectivity index (χ2n) is 4.64. The van der Waals surface area contributed by atoms with E-state index < -0.39 is 0 Å². The van der Waals surface area contributed by atoms with Gasteiger partial charge in [0.15, 0.2) is 0 Å². The van der Waals surface area contributed by atoms with Crippen molar-refractivity contribution < 1.29 is 4.79 Å². The third kappa shape index (κ3) is 2.99. The molecule has 0 saturated carbocycles. The number of nitrogens with one attached hydrogen (secondary N) is 2. The second kappa shape index (κ2) is 4.59. The Bertz CT molecular complexity index is 241. The molecule has 0 bridgehead atoms. The van der Waals surface area contributed by atoms with Crippen LogP contribution in [0.1, 0.15) is 20.8 Å². The van der Waals surface area contributed by atoms with Crippen molar-refractivity contribution in [3.8, 4) is 0 Å². The van der Waals surface area contributed by atoms with Crippen LogP contribution in [0.25, 0.3) is 0 Å². The van der Waals surface area contributed by atoms with Crippen LogP contribution in [0.2, 0.25) is 0 Å². The van der Waals surface area contributed by atoms with Crippen LogP contribution in [0.5, 0.6) is 0 Å². The van der Waals surface area contributed by atoms with Gasteiger partial charge in [0, 0.05) is 14.1 Å². The van der Waals surface area contributed by atoms with E-state index in [1.807, 2.05) is 4.41 Å². The first-order chi connectivity index (χ1) is 6.86. The summed E-state index contributed by atoms with van der Waals surface area (Å²) < 4.78 is 1.93. The Morgan fingerprint density at radius 1 is 1.60 bits per heavy atom. The molecule has 1 rings (SSSR count). The lowest BCUT2D eigenvalue weighted by atomic mass is 9.97. The van der Waals surface area contributed by atoms with Gasteiger partial charge < -0.3 is 5.32 Å². The zero-order chi connectivity index (χ0) is 11.6. The first kappa shape index (κ1) is 12.6. The van der Waals surface area contributed by atoms with Gasteiger partial charge in [-0.05, 0) is 17.4 Å². The number of carbonyl (C=O) groups is 1. The molecular formula is C9H20N4OS. The maximum Gasteiger partial charge on any atom is 0.332 e. The number of hydrazine groups is 1. The van der Waals surface area contributed by atoms with E-state index in [4.69, 9.17) is 0 Å². The van der Waals surface area contributed by atoms with Crippen molar-refractivity contribution in [2.75, 3.05) is 20.8 Å². The third-order valence-corrected chi connectivity index (χ3v) is 3.97. The molecule has 1 heterocycles. The number of amides is 2. The molecule has 15 heavy (non-hydrogen) atoms. The van der Waals surface area contributed by atoms with E-state index >= 15 is 0 Å². The standard InChI is InChI=1S/C9H20N4OS/c1-9(2,3)7-11-6-13(15-7)12(5)8(14)10-4/h7,11H,6H2,1-5H3,(H,10,14). The lowest BCUT2D eigenvalue weighted by Gasteiger charge is -2.28. The zero-order valence-electron chi connectivity index (χ0n) is 10.00. The van der Waals surface area contributed by atoms with Gasteiger partial charge in [0.25, 0.3) is 0 Å². The number of carbonyl (C=O) groups excluding carboxylic acids is 1. The maximum absolute atomic E-state index is 11.4. The lowest BCUT2D eigenvalue weighted by molar-refractivity contribution is 0.128. The Morgan fingerprint density at radius 2 is 2.20 bits per heavy atom. The topological polar surface area (TPSA) is 47.6 Å². The average Bonchev–Trinajstić information content (AvgIpc) is 2.63. The fraction of sp³-hybridized carbons (Fsp3) is 0.889. The minimum Gasteiger partial charge on any atom is -0.340 e. The number of rotatable bonds is 1. The number of hydrogen-bond acceptors (Lipinski definition) is 4. The molecule has 1 unspecified atom stereocenters. The summed E-state index contributed by atoms with van der Waals surface area (Å²) in [5.41, 5.74) is 0.183. The Morgan fingerprint density at radius 3 is 2.60 bits per heavy atom. The Kier molecular flexibility index (Phi) is 3.86. The van der Waals surface area contributed by atoms with Crippen LogP contribution in [0, 0.1) is 5.41 Å². The zero-order valence-corrected chi connectivity index (χ0v) is 10.8. The monoisotopic (exact) mass is 232 g/mol. The Hall–Kier alpha value is -0.460. The van der Waals surface area contributed by atoms with E-state index in [1.54, 1.807) is 31.1 Å². The molecule has 6 heteroatoms. The maximum atomic E-state index is 11.4. The van der Waals surface area contributed by atoms with Gasteiger partial charge in [-0.2, -0.15) is 0 Å². The molecule has 0 aromatic rings. The van der Waals surface area contributed by atoms with Gasteiger partial charge in [-0.3, -0.25) is 5.32 Å².